The molecule has 1 amide bonds. The Bertz CT molecular complexity index is 1960. The van der Waals surface area contributed by atoms with E-state index >= 15 is 0 Å². The molecule has 5 heterocycles. The van der Waals surface area contributed by atoms with E-state index in [0.29, 0.717) is 51.5 Å². The monoisotopic (exact) mass is 655 g/mol. The summed E-state index contributed by atoms with van der Waals surface area (Å²) in [6.07, 6.45) is 7.08. The van der Waals surface area contributed by atoms with Crippen LogP contribution in [0.5, 0.6) is 5.75 Å². The quantitative estimate of drug-likeness (QED) is 0.251. The molecule has 2 bridgehead atoms. The maximum Gasteiger partial charge on any atom is 0.348 e. The molecule has 0 saturated heterocycles. The number of carbonyl (C=O) groups is 1. The minimum Gasteiger partial charge on any atom is -0.493 e. The van der Waals surface area contributed by atoms with Crippen molar-refractivity contribution in [1.82, 2.24) is 39.3 Å². The lowest BCUT2D eigenvalue weighted by molar-refractivity contribution is -0.119. The third-order valence-corrected chi connectivity index (χ3v) is 8.00. The summed E-state index contributed by atoms with van der Waals surface area (Å²) in [5.74, 6) is -0.526. The normalized spacial score (nSPS) is 16.9. The Morgan fingerprint density at radius 3 is 2.67 bits per heavy atom. The summed E-state index contributed by atoms with van der Waals surface area (Å²) in [7, 11) is 1.44. The van der Waals surface area contributed by atoms with Crippen molar-refractivity contribution in [1.29, 1.82) is 0 Å². The molecule has 0 spiro atoms. The van der Waals surface area contributed by atoms with Crippen molar-refractivity contribution in [3.63, 3.8) is 0 Å². The zero-order valence-corrected chi connectivity index (χ0v) is 25.4. The lowest BCUT2D eigenvalue weighted by Crippen LogP contribution is -2.29. The number of hydrogen-bond acceptors (Lipinski definition) is 8. The smallest absolute Gasteiger partial charge is 0.348 e. The molecule has 0 aliphatic carbocycles. The van der Waals surface area contributed by atoms with Gasteiger partial charge in [0.05, 0.1) is 54.5 Å². The Morgan fingerprint density at radius 1 is 1.11 bits per heavy atom. The summed E-state index contributed by atoms with van der Waals surface area (Å²) < 4.78 is 37.0. The van der Waals surface area contributed by atoms with E-state index in [1.165, 1.54) is 41.1 Å². The van der Waals surface area contributed by atoms with Crippen molar-refractivity contribution in [2.24, 2.45) is 5.92 Å². The van der Waals surface area contributed by atoms with Gasteiger partial charge in [0, 0.05) is 28.3 Å². The summed E-state index contributed by atoms with van der Waals surface area (Å²) in [6.45, 7) is -1.21. The van der Waals surface area contributed by atoms with Gasteiger partial charge in [-0.15, -0.1) is 5.10 Å². The van der Waals surface area contributed by atoms with Crippen LogP contribution in [0.15, 0.2) is 59.9 Å². The number of halogens is 4. The van der Waals surface area contributed by atoms with E-state index in [0.717, 1.165) is 0 Å². The average molecular weight is 656 g/mol. The lowest BCUT2D eigenvalue weighted by atomic mass is 9.97. The van der Waals surface area contributed by atoms with Gasteiger partial charge in [0.1, 0.15) is 5.69 Å². The van der Waals surface area contributed by atoms with Crippen LogP contribution in [0, 0.1) is 5.92 Å². The van der Waals surface area contributed by atoms with Gasteiger partial charge in [-0.1, -0.05) is 41.8 Å². The third-order valence-electron chi connectivity index (χ3n) is 7.60. The molecule has 0 radical (unpaired) electrons. The van der Waals surface area contributed by atoms with Gasteiger partial charge in [-0.3, -0.25) is 14.3 Å². The highest BCUT2D eigenvalue weighted by Gasteiger charge is 2.27. The van der Waals surface area contributed by atoms with Crippen LogP contribution in [0.4, 0.5) is 14.5 Å². The van der Waals surface area contributed by atoms with Gasteiger partial charge in [0.15, 0.2) is 10.9 Å². The second-order valence-corrected chi connectivity index (χ2v) is 11.3. The first-order valence-electron chi connectivity index (χ1n) is 13.8. The molecule has 232 valence electrons. The second kappa shape index (κ2) is 12.4. The van der Waals surface area contributed by atoms with Crippen LogP contribution in [0.3, 0.4) is 0 Å². The van der Waals surface area contributed by atoms with E-state index in [-0.39, 0.29) is 33.9 Å². The Hall–Kier alpha value is -4.69. The molecular weight excluding hydrogens is 631 g/mol. The SMILES string of the molecule is COc1cn([C@H]2CCC[C@@H](C)C(=O)Nc3cnn(C(F)F)c3-c3ccnc2c3)c(=O)nc1-c1cc(Cl)ccc1-n1cc(Cl)nn1. The van der Waals surface area contributed by atoms with Crippen molar-refractivity contribution in [3.05, 3.63) is 81.5 Å². The number of fused-ring (bicyclic) bond motifs is 4. The number of ether oxygens (including phenoxy) is 1. The van der Waals surface area contributed by atoms with Crippen LogP contribution in [0.2, 0.25) is 10.2 Å². The van der Waals surface area contributed by atoms with Gasteiger partial charge in [-0.05, 0) is 43.2 Å². The van der Waals surface area contributed by atoms with Crippen molar-refractivity contribution < 1.29 is 18.3 Å². The minimum absolute atomic E-state index is 0.0219. The molecule has 5 aromatic rings. The number of rotatable bonds is 5. The highest BCUT2D eigenvalue weighted by Crippen LogP contribution is 2.37. The van der Waals surface area contributed by atoms with Crippen LogP contribution < -0.4 is 15.7 Å². The summed E-state index contributed by atoms with van der Waals surface area (Å²) in [5.41, 5.74) is 1.46. The molecule has 6 rings (SSSR count). The fourth-order valence-electron chi connectivity index (χ4n) is 5.38. The van der Waals surface area contributed by atoms with Gasteiger partial charge in [0.25, 0.3) is 0 Å². The molecule has 0 fully saturated rings. The van der Waals surface area contributed by atoms with Gasteiger partial charge in [-0.25, -0.2) is 14.2 Å². The molecule has 16 heteroatoms. The molecular formula is C29H25Cl2F2N9O3. The first-order chi connectivity index (χ1) is 21.6. The first kappa shape index (κ1) is 30.3. The molecule has 1 aromatic carbocycles. The number of nitrogens with one attached hydrogen (secondary N) is 1. The summed E-state index contributed by atoms with van der Waals surface area (Å²) in [5, 5.41) is 15.0. The fourth-order valence-corrected chi connectivity index (χ4v) is 5.68. The minimum atomic E-state index is -2.96. The largest absolute Gasteiger partial charge is 0.493 e. The Labute approximate surface area is 264 Å². The first-order valence-corrected chi connectivity index (χ1v) is 14.6. The number of nitrogens with zero attached hydrogens (tertiary/aromatic N) is 8. The topological polar surface area (TPSA) is 135 Å². The van der Waals surface area contributed by atoms with Crippen LogP contribution >= 0.6 is 23.2 Å². The maximum atomic E-state index is 14.0. The Morgan fingerprint density at radius 2 is 1.93 bits per heavy atom. The number of anilines is 1. The summed E-state index contributed by atoms with van der Waals surface area (Å²) in [6, 6.07) is 7.44. The molecule has 12 nitrogen and oxygen atoms in total. The van der Waals surface area contributed by atoms with Crippen LogP contribution in [0.1, 0.15) is 44.5 Å². The summed E-state index contributed by atoms with van der Waals surface area (Å²) in [4.78, 5) is 35.7. The van der Waals surface area contributed by atoms with Crippen molar-refractivity contribution >= 4 is 34.8 Å². The molecule has 2 atom stereocenters. The molecule has 4 aromatic heterocycles. The lowest BCUT2D eigenvalue weighted by Gasteiger charge is -2.23. The number of benzene rings is 1. The molecule has 1 N–H and O–H groups in total. The highest BCUT2D eigenvalue weighted by molar-refractivity contribution is 6.31. The Balaban J connectivity index is 1.50. The molecule has 1 aliphatic rings. The van der Waals surface area contributed by atoms with E-state index in [4.69, 9.17) is 27.9 Å². The maximum absolute atomic E-state index is 14.0. The van der Waals surface area contributed by atoms with Gasteiger partial charge in [0.2, 0.25) is 5.91 Å². The van der Waals surface area contributed by atoms with Crippen molar-refractivity contribution in [2.45, 2.75) is 38.8 Å². The van der Waals surface area contributed by atoms with E-state index < -0.39 is 24.2 Å². The van der Waals surface area contributed by atoms with E-state index in [1.807, 2.05) is 0 Å². The van der Waals surface area contributed by atoms with E-state index in [2.05, 4.69) is 30.7 Å². The number of alkyl halides is 2. The highest BCUT2D eigenvalue weighted by atomic mass is 35.5. The number of carbonyl (C=O) groups excluding carboxylic acids is 1. The third kappa shape index (κ3) is 5.90. The van der Waals surface area contributed by atoms with E-state index in [9.17, 15) is 18.4 Å². The number of pyridine rings is 1. The van der Waals surface area contributed by atoms with Crippen LogP contribution in [-0.4, -0.2) is 52.3 Å². The van der Waals surface area contributed by atoms with Gasteiger partial charge >= 0.3 is 12.2 Å². The zero-order chi connectivity index (χ0) is 31.8. The van der Waals surface area contributed by atoms with Crippen LogP contribution in [0.25, 0.3) is 28.2 Å². The van der Waals surface area contributed by atoms with E-state index in [1.54, 1.807) is 37.3 Å². The average Bonchev–Trinajstić information content (AvgIpc) is 3.65. The predicted molar refractivity (Wildman–Crippen MR) is 162 cm³/mol. The number of methoxy groups -OCH3 is 1. The standard InChI is InChI=1S/C29H25Cl2F2N9O3/c1-15-4-3-5-22(19-10-16(8-9-34-19)26-20(36-27(15)43)12-35-42(26)28(32)33)40-13-23(45-2)25(37-29(40)44)18-11-17(30)6-7-21(18)41-14-24(31)38-39-41/h6-15,22,28H,3-5H2,1-2H3,(H,36,43)/t15-,22+/m1/s1. The molecule has 45 heavy (non-hydrogen) atoms. The van der Waals surface area contributed by atoms with Gasteiger partial charge in [-0.2, -0.15) is 18.9 Å². The molecule has 0 saturated carbocycles. The molecule has 0 unspecified atom stereocenters. The predicted octanol–water partition coefficient (Wildman–Crippen LogP) is 5.81. The number of aromatic nitrogens is 8. The number of hydrogen-bond donors (Lipinski definition) is 1. The molecule has 1 aliphatic heterocycles. The second-order valence-electron chi connectivity index (χ2n) is 10.4. The zero-order valence-electron chi connectivity index (χ0n) is 23.9. The fraction of sp³-hybridized carbons (Fsp3) is 0.276. The number of amides is 1. The van der Waals surface area contributed by atoms with Crippen LogP contribution in [-0.2, 0) is 4.79 Å². The van der Waals surface area contributed by atoms with Gasteiger partial charge < -0.3 is 10.1 Å². The Kier molecular flexibility index (Phi) is 8.34. The van der Waals surface area contributed by atoms with Crippen molar-refractivity contribution in [2.75, 3.05) is 12.4 Å². The van der Waals surface area contributed by atoms with Crippen molar-refractivity contribution in [3.8, 4) is 34.0 Å². The summed E-state index contributed by atoms with van der Waals surface area (Å²) >= 11 is 12.3.